The van der Waals surface area contributed by atoms with E-state index in [0.29, 0.717) is 26.2 Å². The fraction of sp³-hybridized carbons (Fsp3) is 0.615. The Bertz CT molecular complexity index is 898. The third-order valence-corrected chi connectivity index (χ3v) is 6.98. The second-order valence-corrected chi connectivity index (χ2v) is 9.77. The molecule has 8 nitrogen and oxygen atoms in total. The Balaban J connectivity index is 0.00000342. The molecule has 2 aliphatic rings. The molecule has 0 saturated carbocycles. The highest BCUT2D eigenvalue weighted by molar-refractivity contribution is 5.85. The Labute approximate surface area is 215 Å². The van der Waals surface area contributed by atoms with Crippen LogP contribution in [-0.4, -0.2) is 78.6 Å². The van der Waals surface area contributed by atoms with Gasteiger partial charge in [-0.15, -0.1) is 12.4 Å². The number of aromatic nitrogens is 2. The van der Waals surface area contributed by atoms with Crippen LogP contribution in [0.25, 0.3) is 0 Å². The van der Waals surface area contributed by atoms with Crippen molar-refractivity contribution in [3.05, 3.63) is 42.4 Å². The summed E-state index contributed by atoms with van der Waals surface area (Å²) in [5.41, 5.74) is 0.300. The summed E-state index contributed by atoms with van der Waals surface area (Å²) in [6, 6.07) is 6.06. The molecule has 0 amide bonds. The second-order valence-electron chi connectivity index (χ2n) is 9.77. The number of halogens is 1. The van der Waals surface area contributed by atoms with Crippen LogP contribution in [0.1, 0.15) is 38.2 Å². The van der Waals surface area contributed by atoms with Gasteiger partial charge in [0.1, 0.15) is 12.4 Å². The first kappa shape index (κ1) is 27.5. The highest BCUT2D eigenvalue weighted by Crippen LogP contribution is 2.29. The minimum absolute atomic E-state index is 0. The maximum absolute atomic E-state index is 11.1. The van der Waals surface area contributed by atoms with E-state index in [9.17, 15) is 5.11 Å². The van der Waals surface area contributed by atoms with E-state index in [1.54, 1.807) is 25.7 Å². The van der Waals surface area contributed by atoms with Crippen LogP contribution >= 0.6 is 12.4 Å². The number of ether oxygens (including phenoxy) is 2. The molecule has 4 rings (SSSR count). The van der Waals surface area contributed by atoms with Gasteiger partial charge in [-0.05, 0) is 62.4 Å². The number of methoxy groups -OCH3 is 1. The molecule has 2 fully saturated rings. The Hall–Kier alpha value is -2.13. The summed E-state index contributed by atoms with van der Waals surface area (Å²) in [5.74, 6) is 3.18. The summed E-state index contributed by atoms with van der Waals surface area (Å²) in [7, 11) is 1.68. The van der Waals surface area contributed by atoms with Gasteiger partial charge in [-0.25, -0.2) is 4.98 Å². The molecule has 2 saturated heterocycles. The molecule has 0 aliphatic carbocycles. The molecule has 2 aromatic rings. The van der Waals surface area contributed by atoms with Crippen molar-refractivity contribution >= 4 is 18.2 Å². The molecular weight excluding hydrogens is 466 g/mol. The van der Waals surface area contributed by atoms with Crippen LogP contribution in [0.3, 0.4) is 0 Å². The third kappa shape index (κ3) is 7.93. The standard InChI is InChI=1S/C26H39N5O3.ClH/c1-21-6-12-30(13-7-21)14-15-34-23-5-4-22(16-24(23)33-2)17-28-19-26(32)8-3-11-31(20-26)25-18-27-9-10-29-25;/h4-5,9-10,16,18,21,28,32H,3,6-8,11-15,17,19-20H2,1-2H3;1H. The van der Waals surface area contributed by atoms with Crippen molar-refractivity contribution in [2.75, 3.05) is 57.9 Å². The van der Waals surface area contributed by atoms with Gasteiger partial charge >= 0.3 is 0 Å². The first-order valence-corrected chi connectivity index (χ1v) is 12.5. The topological polar surface area (TPSA) is 83.0 Å². The molecule has 1 aromatic heterocycles. The zero-order chi connectivity index (χ0) is 23.8. The van der Waals surface area contributed by atoms with Crippen molar-refractivity contribution < 1.29 is 14.6 Å². The fourth-order valence-corrected chi connectivity index (χ4v) is 4.86. The van der Waals surface area contributed by atoms with Gasteiger partial charge in [0.2, 0.25) is 0 Å². The number of β-amino-alcohol motifs (C(OH)–C–C–N with tert-alkyl or cyclic N) is 1. The summed E-state index contributed by atoms with van der Waals surface area (Å²) in [4.78, 5) is 13.1. The summed E-state index contributed by atoms with van der Waals surface area (Å²) >= 11 is 0. The lowest BCUT2D eigenvalue weighted by molar-refractivity contribution is 0.0258. The Morgan fingerprint density at radius 2 is 2.00 bits per heavy atom. The fourth-order valence-electron chi connectivity index (χ4n) is 4.86. The van der Waals surface area contributed by atoms with Crippen molar-refractivity contribution in [2.24, 2.45) is 5.92 Å². The lowest BCUT2D eigenvalue weighted by Gasteiger charge is -2.39. The number of nitrogens with zero attached hydrogens (tertiary/aromatic N) is 4. The van der Waals surface area contributed by atoms with Gasteiger partial charge in [0.15, 0.2) is 11.5 Å². The van der Waals surface area contributed by atoms with Gasteiger partial charge in [0.05, 0.1) is 18.9 Å². The predicted molar refractivity (Wildman–Crippen MR) is 141 cm³/mol. The highest BCUT2D eigenvalue weighted by Gasteiger charge is 2.33. The van der Waals surface area contributed by atoms with E-state index in [-0.39, 0.29) is 12.4 Å². The van der Waals surface area contributed by atoms with Crippen molar-refractivity contribution in [1.29, 1.82) is 0 Å². The number of hydrogen-bond acceptors (Lipinski definition) is 8. The van der Waals surface area contributed by atoms with Crippen LogP contribution in [0, 0.1) is 5.92 Å². The smallest absolute Gasteiger partial charge is 0.161 e. The van der Waals surface area contributed by atoms with Crippen LogP contribution in [0.15, 0.2) is 36.8 Å². The third-order valence-electron chi connectivity index (χ3n) is 6.98. The minimum atomic E-state index is -0.796. The van der Waals surface area contributed by atoms with Crippen molar-refractivity contribution in [2.45, 2.75) is 44.8 Å². The second kappa shape index (κ2) is 13.3. The molecule has 35 heavy (non-hydrogen) atoms. The van der Waals surface area contributed by atoms with E-state index < -0.39 is 5.60 Å². The molecule has 194 valence electrons. The number of nitrogens with one attached hydrogen (secondary N) is 1. The number of likely N-dealkylation sites (tertiary alicyclic amines) is 1. The Kier molecular flexibility index (Phi) is 10.4. The quantitative estimate of drug-likeness (QED) is 0.509. The van der Waals surface area contributed by atoms with Gasteiger partial charge < -0.3 is 24.8 Å². The highest BCUT2D eigenvalue weighted by atomic mass is 35.5. The molecule has 1 atom stereocenters. The maximum atomic E-state index is 11.1. The zero-order valence-electron chi connectivity index (χ0n) is 21.0. The maximum Gasteiger partial charge on any atom is 0.161 e. The van der Waals surface area contributed by atoms with Gasteiger partial charge in [0.25, 0.3) is 0 Å². The first-order chi connectivity index (χ1) is 16.5. The average molecular weight is 506 g/mol. The monoisotopic (exact) mass is 505 g/mol. The summed E-state index contributed by atoms with van der Waals surface area (Å²) in [6.07, 6.45) is 9.35. The number of piperidine rings is 2. The van der Waals surface area contributed by atoms with Gasteiger partial charge in [0, 0.05) is 45.1 Å². The zero-order valence-corrected chi connectivity index (χ0v) is 21.8. The molecule has 1 unspecified atom stereocenters. The van der Waals surface area contributed by atoms with E-state index in [1.807, 2.05) is 12.1 Å². The minimum Gasteiger partial charge on any atom is -0.493 e. The van der Waals surface area contributed by atoms with Crippen molar-refractivity contribution in [3.63, 3.8) is 0 Å². The molecule has 0 bridgehead atoms. The largest absolute Gasteiger partial charge is 0.493 e. The summed E-state index contributed by atoms with van der Waals surface area (Å²) < 4.78 is 11.6. The van der Waals surface area contributed by atoms with Gasteiger partial charge in [-0.2, -0.15) is 0 Å². The van der Waals surface area contributed by atoms with Crippen LogP contribution in [0.5, 0.6) is 11.5 Å². The van der Waals surface area contributed by atoms with E-state index in [1.165, 1.54) is 12.8 Å². The van der Waals surface area contributed by atoms with Gasteiger partial charge in [-0.3, -0.25) is 9.88 Å². The number of rotatable bonds is 10. The molecule has 0 radical (unpaired) electrons. The molecule has 2 aliphatic heterocycles. The molecule has 2 N–H and O–H groups in total. The van der Waals surface area contributed by atoms with Crippen LogP contribution in [-0.2, 0) is 6.54 Å². The molecule has 1 aromatic carbocycles. The van der Waals surface area contributed by atoms with E-state index >= 15 is 0 Å². The molecular formula is C26H40ClN5O3. The normalized spacial score (nSPS) is 21.4. The van der Waals surface area contributed by atoms with Gasteiger partial charge in [-0.1, -0.05) is 13.0 Å². The van der Waals surface area contributed by atoms with Crippen LogP contribution in [0.2, 0.25) is 0 Å². The van der Waals surface area contributed by atoms with E-state index in [4.69, 9.17) is 9.47 Å². The average Bonchev–Trinajstić information content (AvgIpc) is 2.86. The first-order valence-electron chi connectivity index (χ1n) is 12.5. The van der Waals surface area contributed by atoms with E-state index in [0.717, 1.165) is 67.8 Å². The Morgan fingerprint density at radius 3 is 2.74 bits per heavy atom. The van der Waals surface area contributed by atoms with Crippen molar-refractivity contribution in [1.82, 2.24) is 20.2 Å². The number of benzene rings is 1. The SMILES string of the molecule is COc1cc(CNCC2(O)CCCN(c3cnccn3)C2)ccc1OCCN1CCC(C)CC1.Cl. The lowest BCUT2D eigenvalue weighted by atomic mass is 9.92. The number of hydrogen-bond donors (Lipinski definition) is 2. The summed E-state index contributed by atoms with van der Waals surface area (Å²) in [5, 5.41) is 14.6. The van der Waals surface area contributed by atoms with E-state index in [2.05, 4.69) is 38.1 Å². The lowest BCUT2D eigenvalue weighted by Crippen LogP contribution is -2.53. The van der Waals surface area contributed by atoms with Crippen molar-refractivity contribution in [3.8, 4) is 11.5 Å². The number of aliphatic hydroxyl groups is 1. The molecule has 9 heteroatoms. The molecule has 3 heterocycles. The molecule has 0 spiro atoms. The number of anilines is 1. The predicted octanol–water partition coefficient (Wildman–Crippen LogP) is 3.14. The van der Waals surface area contributed by atoms with Crippen LogP contribution in [0.4, 0.5) is 5.82 Å². The van der Waals surface area contributed by atoms with Crippen LogP contribution < -0.4 is 19.7 Å². The Morgan fingerprint density at radius 1 is 1.17 bits per heavy atom. The summed E-state index contributed by atoms with van der Waals surface area (Å²) in [6.45, 7) is 8.86.